The lowest BCUT2D eigenvalue weighted by Crippen LogP contribution is -1.55. The number of hydrogen-bond donors (Lipinski definition) is 0. The Balaban J connectivity index is 0. The molecule has 0 atom stereocenters. The van der Waals surface area contributed by atoms with Gasteiger partial charge in [0, 0.05) is 0 Å². The van der Waals surface area contributed by atoms with Crippen molar-refractivity contribution < 1.29 is 0 Å². The third kappa shape index (κ3) is 116. The molecule has 8 heavy (non-hydrogen) atoms. The van der Waals surface area contributed by atoms with Crippen LogP contribution in [0.5, 0.6) is 0 Å². The molecular weight excluding hydrogens is 237 g/mol. The van der Waals surface area contributed by atoms with Gasteiger partial charge in [-0.2, -0.15) is 0 Å². The maximum absolute atomic E-state index is 4.81. The van der Waals surface area contributed by atoms with Gasteiger partial charge in [-0.3, -0.25) is 0 Å². The van der Waals surface area contributed by atoms with Crippen molar-refractivity contribution in [2.24, 2.45) is 0 Å². The molecule has 0 saturated heterocycles. The third-order valence-electron chi connectivity index (χ3n) is 0. The van der Waals surface area contributed by atoms with Crippen LogP contribution in [0.3, 0.4) is 0 Å². The molecule has 0 unspecified atom stereocenters. The molecular formula is C2HCl6. The van der Waals surface area contributed by atoms with E-state index in [-0.39, 0.29) is 4.30 Å². The summed E-state index contributed by atoms with van der Waals surface area (Å²) >= 11 is 28.6. The lowest BCUT2D eigenvalue weighted by Gasteiger charge is -1.69. The fourth-order valence-corrected chi connectivity index (χ4v) is 0. The number of alkyl halides is 3. The molecule has 0 aromatic rings. The van der Waals surface area contributed by atoms with Gasteiger partial charge in [-0.25, -0.2) is 0 Å². The lowest BCUT2D eigenvalue weighted by molar-refractivity contribution is 1.96. The molecule has 0 aromatic heterocycles. The summed E-state index contributed by atoms with van der Waals surface area (Å²) in [5.41, 5.74) is 0. The largest absolute Gasteiger partial charge is 0.236 e. The lowest BCUT2D eigenvalue weighted by atomic mass is 11.9. The van der Waals surface area contributed by atoms with E-state index < -0.39 is 4.30 Å². The Morgan fingerprint density at radius 2 is 0.875 bits per heavy atom. The van der Waals surface area contributed by atoms with Crippen LogP contribution < -0.4 is 0 Å². The minimum atomic E-state index is -0.750. The molecule has 51 valence electrons. The summed E-state index contributed by atoms with van der Waals surface area (Å²) < 4.78 is -0.917. The van der Waals surface area contributed by atoms with E-state index in [4.69, 9.17) is 69.6 Å². The van der Waals surface area contributed by atoms with Gasteiger partial charge in [-0.15, -0.1) is 0 Å². The number of hydrogen-bond acceptors (Lipinski definition) is 0. The molecule has 0 aliphatic heterocycles. The van der Waals surface area contributed by atoms with Crippen LogP contribution in [0.2, 0.25) is 0 Å². The average Bonchev–Trinajstić information content (AvgIpc) is 1.25. The van der Waals surface area contributed by atoms with Crippen molar-refractivity contribution in [1.29, 1.82) is 0 Å². The first kappa shape index (κ1) is 12.4. The second-order valence-electron chi connectivity index (χ2n) is 0.462. The molecule has 0 aromatic carbocycles. The molecule has 0 bridgehead atoms. The second-order valence-corrected chi connectivity index (χ2v) is 4.16. The summed E-state index contributed by atoms with van der Waals surface area (Å²) in [6.45, 7) is 0. The van der Waals surface area contributed by atoms with E-state index >= 15 is 0 Å². The minimum Gasteiger partial charge on any atom is -0.0874 e. The van der Waals surface area contributed by atoms with Crippen LogP contribution in [0, 0.1) is 4.30 Å². The highest BCUT2D eigenvalue weighted by atomic mass is 35.6. The first-order valence-electron chi connectivity index (χ1n) is 1.22. The minimum absolute atomic E-state index is 0.167. The highest BCUT2D eigenvalue weighted by molar-refractivity contribution is 6.72. The van der Waals surface area contributed by atoms with Crippen LogP contribution in [-0.2, 0) is 0 Å². The Kier molecular flexibility index (Phi) is 13.6. The summed E-state index contributed by atoms with van der Waals surface area (Å²) in [6, 6.07) is 0. The van der Waals surface area contributed by atoms with Gasteiger partial charge in [0.05, 0.1) is 0 Å². The Morgan fingerprint density at radius 3 is 0.875 bits per heavy atom. The Hall–Kier alpha value is 1.74. The van der Waals surface area contributed by atoms with Gasteiger partial charge in [-0.1, -0.05) is 69.6 Å². The fraction of sp³-hybridized carbons (Fsp3) is 0.500. The SMILES string of the molecule is ClC(Cl)Cl.Cl[C](Cl)Cl. The van der Waals surface area contributed by atoms with E-state index in [9.17, 15) is 0 Å². The highest BCUT2D eigenvalue weighted by Gasteiger charge is 1.82. The Labute approximate surface area is 77.9 Å². The van der Waals surface area contributed by atoms with E-state index in [0.717, 1.165) is 0 Å². The molecule has 0 aliphatic carbocycles. The van der Waals surface area contributed by atoms with E-state index in [1.807, 2.05) is 0 Å². The standard InChI is InChI=1S/CHCl3.CCl3/c2*2-1(3)4/h1H;. The molecule has 6 heteroatoms. The van der Waals surface area contributed by atoms with E-state index in [0.29, 0.717) is 0 Å². The van der Waals surface area contributed by atoms with Crippen molar-refractivity contribution in [3.05, 3.63) is 4.30 Å². The topological polar surface area (TPSA) is 0 Å². The summed E-state index contributed by atoms with van der Waals surface area (Å²) in [6.07, 6.45) is 0. The van der Waals surface area contributed by atoms with Crippen molar-refractivity contribution in [3.8, 4) is 0 Å². The van der Waals surface area contributed by atoms with Crippen LogP contribution in [0.4, 0.5) is 0 Å². The molecule has 0 heterocycles. The monoisotopic (exact) mass is 235 g/mol. The van der Waals surface area contributed by atoms with Gasteiger partial charge in [0.2, 0.25) is 4.30 Å². The van der Waals surface area contributed by atoms with Gasteiger partial charge < -0.3 is 0 Å². The maximum Gasteiger partial charge on any atom is 0.236 e. The van der Waals surface area contributed by atoms with Gasteiger partial charge in [0.25, 0.3) is 0 Å². The van der Waals surface area contributed by atoms with Gasteiger partial charge in [-0.05, 0) is 0 Å². The Bertz CT molecular complexity index is 22.0. The van der Waals surface area contributed by atoms with Gasteiger partial charge >= 0.3 is 0 Å². The molecule has 0 amide bonds. The predicted octanol–water partition coefficient (Wildman–Crippen LogP) is 4.14. The molecule has 0 rings (SSSR count). The molecule has 0 spiro atoms. The highest BCUT2D eigenvalue weighted by Crippen LogP contribution is 2.15. The summed E-state index contributed by atoms with van der Waals surface area (Å²) in [5, 5.41) is 0. The fourth-order valence-electron chi connectivity index (χ4n) is 0. The van der Waals surface area contributed by atoms with Crippen molar-refractivity contribution in [2.75, 3.05) is 0 Å². The van der Waals surface area contributed by atoms with Crippen LogP contribution in [0.25, 0.3) is 0 Å². The average molecular weight is 238 g/mol. The van der Waals surface area contributed by atoms with E-state index in [1.54, 1.807) is 0 Å². The summed E-state index contributed by atoms with van der Waals surface area (Å²) in [5.74, 6) is 0. The zero-order valence-corrected chi connectivity index (χ0v) is 7.88. The summed E-state index contributed by atoms with van der Waals surface area (Å²) in [4.78, 5) is 0. The van der Waals surface area contributed by atoms with Crippen LogP contribution in [-0.4, -0.2) is 4.30 Å². The maximum atomic E-state index is 4.81. The van der Waals surface area contributed by atoms with Crippen LogP contribution in [0.1, 0.15) is 0 Å². The van der Waals surface area contributed by atoms with Gasteiger partial charge in [0.1, 0.15) is 0 Å². The third-order valence-corrected chi connectivity index (χ3v) is 0. The van der Waals surface area contributed by atoms with Crippen molar-refractivity contribution in [2.45, 2.75) is 4.30 Å². The Morgan fingerprint density at radius 1 is 0.875 bits per heavy atom. The van der Waals surface area contributed by atoms with Crippen LogP contribution >= 0.6 is 69.6 Å². The van der Waals surface area contributed by atoms with Gasteiger partial charge in [0.15, 0.2) is 4.30 Å². The summed E-state index contributed by atoms with van der Waals surface area (Å²) in [7, 11) is 0. The van der Waals surface area contributed by atoms with Crippen LogP contribution in [0.15, 0.2) is 0 Å². The zero-order valence-electron chi connectivity index (χ0n) is 3.35. The zero-order chi connectivity index (χ0) is 7.15. The van der Waals surface area contributed by atoms with E-state index in [2.05, 4.69) is 0 Å². The second kappa shape index (κ2) is 8.74. The van der Waals surface area contributed by atoms with E-state index in [1.165, 1.54) is 0 Å². The molecule has 1 radical (unpaired) electrons. The molecule has 0 fully saturated rings. The first-order valence-corrected chi connectivity index (χ1v) is 3.66. The quantitative estimate of drug-likeness (QED) is 0.556. The number of halogens is 6. The number of rotatable bonds is 0. The molecule has 0 N–H and O–H groups in total. The first-order chi connectivity index (χ1) is 3.46. The normalized spacial score (nSPS) is 9.00. The smallest absolute Gasteiger partial charge is 0.0874 e. The van der Waals surface area contributed by atoms with Crippen molar-refractivity contribution >= 4 is 69.6 Å². The van der Waals surface area contributed by atoms with Crippen molar-refractivity contribution in [1.82, 2.24) is 0 Å². The molecule has 0 saturated carbocycles. The molecule has 0 nitrogen and oxygen atoms in total. The van der Waals surface area contributed by atoms with Crippen molar-refractivity contribution in [3.63, 3.8) is 0 Å². The molecule has 0 aliphatic rings. The predicted molar refractivity (Wildman–Crippen MR) is 42.1 cm³/mol.